The highest BCUT2D eigenvalue weighted by molar-refractivity contribution is 6.20. The summed E-state index contributed by atoms with van der Waals surface area (Å²) < 4.78 is 5.37. The van der Waals surface area contributed by atoms with Crippen LogP contribution in [0.4, 0.5) is 10.5 Å². The van der Waals surface area contributed by atoms with Crippen LogP contribution in [0.5, 0.6) is 0 Å². The van der Waals surface area contributed by atoms with E-state index in [4.69, 9.17) is 9.73 Å². The SMILES string of the molecule is CCC(CC)C(=O)CN1C(=O)[C@@H](NC(=O)OCc2ccccc2)N=C(c2ccccc2)c2ccccc21. The predicted octanol–water partition coefficient (Wildman–Crippen LogP) is 5.13. The van der Waals surface area contributed by atoms with Gasteiger partial charge in [-0.15, -0.1) is 0 Å². The van der Waals surface area contributed by atoms with Gasteiger partial charge in [0.15, 0.2) is 5.78 Å². The first-order valence-corrected chi connectivity index (χ1v) is 12.6. The van der Waals surface area contributed by atoms with Gasteiger partial charge in [-0.3, -0.25) is 14.9 Å². The predicted molar refractivity (Wildman–Crippen MR) is 144 cm³/mol. The lowest BCUT2D eigenvalue weighted by molar-refractivity contribution is -0.125. The van der Waals surface area contributed by atoms with Gasteiger partial charge in [-0.2, -0.15) is 0 Å². The lowest BCUT2D eigenvalue weighted by Gasteiger charge is -2.26. The number of para-hydroxylation sites is 1. The molecule has 190 valence electrons. The number of carbonyl (C=O) groups excluding carboxylic acids is 3. The molecular weight excluding hydrogens is 466 g/mol. The fourth-order valence-electron chi connectivity index (χ4n) is 4.42. The highest BCUT2D eigenvalue weighted by atomic mass is 16.5. The zero-order chi connectivity index (χ0) is 26.2. The van der Waals surface area contributed by atoms with Crippen molar-refractivity contribution in [2.75, 3.05) is 11.4 Å². The Labute approximate surface area is 217 Å². The number of carbonyl (C=O) groups is 3. The van der Waals surface area contributed by atoms with E-state index in [-0.39, 0.29) is 24.9 Å². The van der Waals surface area contributed by atoms with Gasteiger partial charge >= 0.3 is 6.09 Å². The molecule has 0 aromatic heterocycles. The van der Waals surface area contributed by atoms with Gasteiger partial charge < -0.3 is 9.64 Å². The van der Waals surface area contributed by atoms with Gasteiger partial charge in [0, 0.05) is 17.0 Å². The fraction of sp³-hybridized carbons (Fsp3) is 0.267. The fourth-order valence-corrected chi connectivity index (χ4v) is 4.42. The van der Waals surface area contributed by atoms with E-state index in [2.05, 4.69) is 5.32 Å². The summed E-state index contributed by atoms with van der Waals surface area (Å²) in [6.45, 7) is 3.89. The summed E-state index contributed by atoms with van der Waals surface area (Å²) in [5.41, 5.74) is 3.46. The molecule has 0 saturated heterocycles. The molecule has 0 saturated carbocycles. The van der Waals surface area contributed by atoms with Crippen LogP contribution in [-0.2, 0) is 20.9 Å². The maximum Gasteiger partial charge on any atom is 0.409 e. The molecule has 2 amide bonds. The lowest BCUT2D eigenvalue weighted by atomic mass is 9.96. The van der Waals surface area contributed by atoms with Crippen molar-refractivity contribution in [1.82, 2.24) is 5.32 Å². The smallest absolute Gasteiger partial charge is 0.409 e. The molecule has 4 rings (SSSR count). The van der Waals surface area contributed by atoms with E-state index < -0.39 is 18.2 Å². The highest BCUT2D eigenvalue weighted by Crippen LogP contribution is 2.29. The number of ketones is 1. The maximum atomic E-state index is 13.8. The molecule has 37 heavy (non-hydrogen) atoms. The first-order valence-electron chi connectivity index (χ1n) is 12.6. The number of hydrogen-bond donors (Lipinski definition) is 1. The number of benzodiazepines with no additional fused rings is 1. The van der Waals surface area contributed by atoms with Crippen LogP contribution < -0.4 is 10.2 Å². The minimum absolute atomic E-state index is 0.0262. The summed E-state index contributed by atoms with van der Waals surface area (Å²) in [7, 11) is 0. The van der Waals surface area contributed by atoms with Crippen molar-refractivity contribution in [3.8, 4) is 0 Å². The average molecular weight is 498 g/mol. The molecule has 3 aromatic rings. The molecule has 1 heterocycles. The van der Waals surface area contributed by atoms with Gasteiger partial charge in [0.05, 0.1) is 17.9 Å². The van der Waals surface area contributed by atoms with Crippen LogP contribution in [0.2, 0.25) is 0 Å². The molecular formula is C30H31N3O4. The first-order chi connectivity index (χ1) is 18.0. The number of nitrogens with one attached hydrogen (secondary N) is 1. The number of alkyl carbamates (subject to hydrolysis) is 1. The van der Waals surface area contributed by atoms with E-state index in [9.17, 15) is 14.4 Å². The summed E-state index contributed by atoms with van der Waals surface area (Å²) in [6.07, 6.45) is -0.646. The molecule has 0 aliphatic carbocycles. The van der Waals surface area contributed by atoms with Crippen LogP contribution >= 0.6 is 0 Å². The summed E-state index contributed by atoms with van der Waals surface area (Å²) in [5, 5.41) is 2.62. The average Bonchev–Trinajstić information content (AvgIpc) is 3.04. The highest BCUT2D eigenvalue weighted by Gasteiger charge is 2.35. The largest absolute Gasteiger partial charge is 0.445 e. The number of anilines is 1. The molecule has 1 N–H and O–H groups in total. The van der Waals surface area contributed by atoms with E-state index in [0.717, 1.165) is 11.1 Å². The van der Waals surface area contributed by atoms with E-state index in [1.807, 2.05) is 98.8 Å². The van der Waals surface area contributed by atoms with E-state index >= 15 is 0 Å². The molecule has 0 fully saturated rings. The van der Waals surface area contributed by atoms with Gasteiger partial charge in [0.1, 0.15) is 6.61 Å². The van der Waals surface area contributed by atoms with Crippen LogP contribution in [-0.4, -0.2) is 36.2 Å². The minimum Gasteiger partial charge on any atom is -0.445 e. The molecule has 1 aliphatic heterocycles. The Morgan fingerprint density at radius 3 is 2.22 bits per heavy atom. The number of fused-ring (bicyclic) bond motifs is 1. The molecule has 0 bridgehead atoms. The molecule has 7 nitrogen and oxygen atoms in total. The van der Waals surface area contributed by atoms with Crippen LogP contribution in [0.25, 0.3) is 0 Å². The number of benzene rings is 3. The summed E-state index contributed by atoms with van der Waals surface area (Å²) >= 11 is 0. The second-order valence-corrected chi connectivity index (χ2v) is 8.87. The maximum absolute atomic E-state index is 13.8. The Morgan fingerprint density at radius 1 is 0.919 bits per heavy atom. The van der Waals surface area contributed by atoms with Gasteiger partial charge in [-0.1, -0.05) is 92.7 Å². The third-order valence-electron chi connectivity index (χ3n) is 6.48. The monoisotopic (exact) mass is 497 g/mol. The van der Waals surface area contributed by atoms with Gasteiger partial charge in [0.25, 0.3) is 5.91 Å². The van der Waals surface area contributed by atoms with Gasteiger partial charge in [-0.05, 0) is 24.5 Å². The number of amides is 2. The number of Topliss-reactive ketones (excluding diaryl/α,β-unsaturated/α-hetero) is 1. The number of hydrogen-bond acceptors (Lipinski definition) is 5. The van der Waals surface area contributed by atoms with Crippen LogP contribution in [0.1, 0.15) is 43.4 Å². The summed E-state index contributed by atoms with van der Waals surface area (Å²) in [4.78, 5) is 45.9. The number of rotatable bonds is 9. The van der Waals surface area contributed by atoms with Crippen molar-refractivity contribution in [3.05, 3.63) is 102 Å². The Bertz CT molecular complexity index is 1270. The number of ether oxygens (including phenoxy) is 1. The topological polar surface area (TPSA) is 88.1 Å². The van der Waals surface area contributed by atoms with E-state index in [1.165, 1.54) is 4.90 Å². The second kappa shape index (κ2) is 12.1. The van der Waals surface area contributed by atoms with Crippen molar-refractivity contribution in [1.29, 1.82) is 0 Å². The number of aliphatic imine (C=N–C) groups is 1. The van der Waals surface area contributed by atoms with Crippen molar-refractivity contribution < 1.29 is 19.1 Å². The Morgan fingerprint density at radius 2 is 1.54 bits per heavy atom. The van der Waals surface area contributed by atoms with Crippen molar-refractivity contribution >= 4 is 29.2 Å². The molecule has 7 heteroatoms. The van der Waals surface area contributed by atoms with Crippen LogP contribution in [0, 0.1) is 5.92 Å². The van der Waals surface area contributed by atoms with Crippen molar-refractivity contribution in [2.45, 2.75) is 39.5 Å². The van der Waals surface area contributed by atoms with E-state index in [1.54, 1.807) is 0 Å². The lowest BCUT2D eigenvalue weighted by Crippen LogP contribution is -2.49. The molecule has 3 aromatic carbocycles. The molecule has 1 atom stereocenters. The van der Waals surface area contributed by atoms with Gasteiger partial charge in [-0.25, -0.2) is 9.79 Å². The summed E-state index contributed by atoms with van der Waals surface area (Å²) in [5.74, 6) is -0.670. The quantitative estimate of drug-likeness (QED) is 0.444. The van der Waals surface area contributed by atoms with Crippen molar-refractivity contribution in [3.63, 3.8) is 0 Å². The number of nitrogens with zero attached hydrogens (tertiary/aromatic N) is 2. The minimum atomic E-state index is -1.26. The zero-order valence-electron chi connectivity index (χ0n) is 21.1. The Hall–Kier alpha value is -4.26. The molecule has 0 radical (unpaired) electrons. The third kappa shape index (κ3) is 6.12. The standard InChI is InChI=1S/C30H31N3O4/c1-3-22(4-2)26(34)19-33-25-18-12-11-17-24(25)27(23-15-9-6-10-16-23)31-28(29(33)35)32-30(36)37-20-21-13-7-5-8-14-21/h5-18,22,28H,3-4,19-20H2,1-2H3,(H,32,36)/t28-/m1/s1. The molecule has 0 spiro atoms. The normalized spacial score (nSPS) is 15.0. The Balaban J connectivity index is 1.69. The van der Waals surface area contributed by atoms with Crippen LogP contribution in [0.3, 0.4) is 0 Å². The second-order valence-electron chi connectivity index (χ2n) is 8.87. The van der Waals surface area contributed by atoms with Gasteiger partial charge in [0.2, 0.25) is 6.17 Å². The molecule has 0 unspecified atom stereocenters. The van der Waals surface area contributed by atoms with E-state index in [0.29, 0.717) is 29.8 Å². The Kier molecular flexibility index (Phi) is 8.46. The summed E-state index contributed by atoms with van der Waals surface area (Å²) in [6, 6.07) is 26.1. The first kappa shape index (κ1) is 25.8. The molecule has 1 aliphatic rings. The van der Waals surface area contributed by atoms with Crippen molar-refractivity contribution in [2.24, 2.45) is 10.9 Å². The third-order valence-corrected chi connectivity index (χ3v) is 6.48. The zero-order valence-corrected chi connectivity index (χ0v) is 21.1. The van der Waals surface area contributed by atoms with Crippen LogP contribution in [0.15, 0.2) is 89.9 Å².